The second-order valence-corrected chi connectivity index (χ2v) is 5.67. The van der Waals surface area contributed by atoms with E-state index in [1.54, 1.807) is 12.1 Å². The van der Waals surface area contributed by atoms with Gasteiger partial charge in [-0.1, -0.05) is 46.3 Å². The Bertz CT molecular complexity index is 834. The number of benzene rings is 2. The molecule has 0 radical (unpaired) electrons. The van der Waals surface area contributed by atoms with Gasteiger partial charge >= 0.3 is 5.97 Å². The molecule has 0 atom stereocenters. The Labute approximate surface area is 135 Å². The number of nitrogens with zero attached hydrogens (tertiary/aromatic N) is 1. The number of ether oxygens (including phenoxy) is 1. The summed E-state index contributed by atoms with van der Waals surface area (Å²) in [7, 11) is 0. The average molecular weight is 358 g/mol. The van der Waals surface area contributed by atoms with E-state index in [0.29, 0.717) is 12.1 Å². The highest BCUT2D eigenvalue weighted by molar-refractivity contribution is 9.10. The average Bonchev–Trinajstić information content (AvgIpc) is 2.52. The fourth-order valence-corrected chi connectivity index (χ4v) is 2.51. The summed E-state index contributed by atoms with van der Waals surface area (Å²) in [4.78, 5) is 15.6. The molecule has 3 aromatic rings. The van der Waals surface area contributed by atoms with Gasteiger partial charge in [-0.15, -0.1) is 0 Å². The molecule has 0 saturated heterocycles. The predicted molar refractivity (Wildman–Crippen MR) is 87.2 cm³/mol. The van der Waals surface area contributed by atoms with Crippen LogP contribution in [0, 0.1) is 0 Å². The van der Waals surface area contributed by atoms with Crippen LogP contribution in [-0.2, 0) is 6.61 Å². The van der Waals surface area contributed by atoms with Crippen molar-refractivity contribution in [3.8, 4) is 5.75 Å². The van der Waals surface area contributed by atoms with Crippen molar-refractivity contribution < 1.29 is 14.6 Å². The number of pyridine rings is 1. The van der Waals surface area contributed by atoms with E-state index in [1.165, 1.54) is 0 Å². The number of aromatic carboxylic acids is 1. The Hall–Kier alpha value is -2.40. The van der Waals surface area contributed by atoms with E-state index in [9.17, 15) is 9.90 Å². The number of halogens is 1. The molecule has 0 saturated carbocycles. The summed E-state index contributed by atoms with van der Waals surface area (Å²) < 4.78 is 6.58. The molecule has 0 amide bonds. The fourth-order valence-electron chi connectivity index (χ4n) is 2.13. The highest BCUT2D eigenvalue weighted by Crippen LogP contribution is 2.26. The van der Waals surface area contributed by atoms with Crippen LogP contribution in [-0.4, -0.2) is 16.1 Å². The third kappa shape index (κ3) is 3.09. The molecule has 110 valence electrons. The Morgan fingerprint density at radius 3 is 2.64 bits per heavy atom. The minimum absolute atomic E-state index is 0.0780. The van der Waals surface area contributed by atoms with Crippen molar-refractivity contribution in [1.29, 1.82) is 0 Å². The van der Waals surface area contributed by atoms with Gasteiger partial charge in [0.05, 0.1) is 5.52 Å². The number of hydrogen-bond acceptors (Lipinski definition) is 3. The molecule has 1 aromatic heterocycles. The van der Waals surface area contributed by atoms with Crippen LogP contribution >= 0.6 is 15.9 Å². The molecule has 5 heteroatoms. The van der Waals surface area contributed by atoms with Crippen molar-refractivity contribution in [2.24, 2.45) is 0 Å². The highest BCUT2D eigenvalue weighted by atomic mass is 79.9. The van der Waals surface area contributed by atoms with Crippen LogP contribution in [0.15, 0.2) is 59.1 Å². The zero-order valence-corrected chi connectivity index (χ0v) is 13.1. The lowest BCUT2D eigenvalue weighted by Crippen LogP contribution is -2.06. The first kappa shape index (κ1) is 14.5. The first-order valence-electron chi connectivity index (χ1n) is 6.64. The van der Waals surface area contributed by atoms with Gasteiger partial charge in [0.2, 0.25) is 0 Å². The van der Waals surface area contributed by atoms with Crippen molar-refractivity contribution in [1.82, 2.24) is 4.98 Å². The van der Waals surface area contributed by atoms with Gasteiger partial charge in [-0.25, -0.2) is 9.78 Å². The number of hydrogen-bond donors (Lipinski definition) is 1. The molecule has 22 heavy (non-hydrogen) atoms. The number of carboxylic acids is 1. The van der Waals surface area contributed by atoms with E-state index in [-0.39, 0.29) is 11.4 Å². The molecule has 0 unspecified atom stereocenters. The maximum Gasteiger partial charge on any atom is 0.358 e. The summed E-state index contributed by atoms with van der Waals surface area (Å²) in [6, 6.07) is 16.8. The summed E-state index contributed by atoms with van der Waals surface area (Å²) in [5, 5.41) is 10.1. The standard InChI is InChI=1S/C17H12BrNO3/c18-13-6-7-14-12(8-13)9-15(16(19-14)17(20)21)22-10-11-4-2-1-3-5-11/h1-9H,10H2,(H,20,21). The number of carboxylic acid groups (broad SMARTS) is 1. The molecule has 3 rings (SSSR count). The summed E-state index contributed by atoms with van der Waals surface area (Å²) >= 11 is 3.40. The summed E-state index contributed by atoms with van der Waals surface area (Å²) in [5.74, 6) is -0.838. The van der Waals surface area contributed by atoms with Crippen LogP contribution in [0.2, 0.25) is 0 Å². The van der Waals surface area contributed by atoms with Crippen LogP contribution in [0.3, 0.4) is 0 Å². The molecule has 0 bridgehead atoms. The number of aromatic nitrogens is 1. The van der Waals surface area contributed by atoms with Crippen molar-refractivity contribution in [2.75, 3.05) is 0 Å². The molecule has 2 aromatic carbocycles. The zero-order valence-electron chi connectivity index (χ0n) is 11.5. The molecule has 1 heterocycles. The lowest BCUT2D eigenvalue weighted by Gasteiger charge is -2.10. The van der Waals surface area contributed by atoms with Crippen LogP contribution in [0.5, 0.6) is 5.75 Å². The van der Waals surface area contributed by atoms with Gasteiger partial charge in [-0.3, -0.25) is 0 Å². The monoisotopic (exact) mass is 357 g/mol. The van der Waals surface area contributed by atoms with Crippen LogP contribution in [0.25, 0.3) is 10.9 Å². The first-order valence-corrected chi connectivity index (χ1v) is 7.43. The normalized spacial score (nSPS) is 10.6. The van der Waals surface area contributed by atoms with Gasteiger partial charge in [0.15, 0.2) is 11.4 Å². The second kappa shape index (κ2) is 6.15. The van der Waals surface area contributed by atoms with E-state index < -0.39 is 5.97 Å². The van der Waals surface area contributed by atoms with Crippen molar-refractivity contribution in [2.45, 2.75) is 6.61 Å². The minimum atomic E-state index is -1.10. The summed E-state index contributed by atoms with van der Waals surface area (Å²) in [5.41, 5.74) is 1.51. The molecular weight excluding hydrogens is 346 g/mol. The Balaban J connectivity index is 1.98. The van der Waals surface area contributed by atoms with Gasteiger partial charge in [-0.05, 0) is 29.8 Å². The number of carbonyl (C=O) groups is 1. The van der Waals surface area contributed by atoms with Crippen LogP contribution in [0.4, 0.5) is 0 Å². The van der Waals surface area contributed by atoms with Crippen LogP contribution in [0.1, 0.15) is 16.1 Å². The Kier molecular flexibility index (Phi) is 4.06. The van der Waals surface area contributed by atoms with Gasteiger partial charge in [0.1, 0.15) is 6.61 Å². The van der Waals surface area contributed by atoms with E-state index in [0.717, 1.165) is 15.4 Å². The van der Waals surface area contributed by atoms with E-state index in [1.807, 2.05) is 42.5 Å². The summed E-state index contributed by atoms with van der Waals surface area (Å²) in [6.45, 7) is 0.294. The van der Waals surface area contributed by atoms with Crippen molar-refractivity contribution in [3.05, 3.63) is 70.3 Å². The van der Waals surface area contributed by atoms with Gasteiger partial charge < -0.3 is 9.84 Å². The third-order valence-electron chi connectivity index (χ3n) is 3.18. The predicted octanol–water partition coefficient (Wildman–Crippen LogP) is 4.27. The van der Waals surface area contributed by atoms with Gasteiger partial charge in [0.25, 0.3) is 0 Å². The van der Waals surface area contributed by atoms with Crippen LogP contribution < -0.4 is 4.74 Å². The zero-order chi connectivity index (χ0) is 15.5. The molecule has 0 fully saturated rings. The molecule has 0 aliphatic heterocycles. The first-order chi connectivity index (χ1) is 10.6. The minimum Gasteiger partial charge on any atom is -0.486 e. The summed E-state index contributed by atoms with van der Waals surface area (Å²) in [6.07, 6.45) is 0. The highest BCUT2D eigenvalue weighted by Gasteiger charge is 2.15. The molecular formula is C17H12BrNO3. The number of rotatable bonds is 4. The maximum absolute atomic E-state index is 11.4. The van der Waals surface area contributed by atoms with E-state index in [4.69, 9.17) is 4.74 Å². The van der Waals surface area contributed by atoms with Crippen molar-refractivity contribution in [3.63, 3.8) is 0 Å². The lowest BCUT2D eigenvalue weighted by atomic mass is 10.2. The Morgan fingerprint density at radius 1 is 1.14 bits per heavy atom. The molecule has 0 aliphatic carbocycles. The molecule has 0 spiro atoms. The molecule has 1 N–H and O–H groups in total. The van der Waals surface area contributed by atoms with E-state index >= 15 is 0 Å². The topological polar surface area (TPSA) is 59.4 Å². The van der Waals surface area contributed by atoms with Crippen molar-refractivity contribution >= 4 is 32.8 Å². The maximum atomic E-state index is 11.4. The van der Waals surface area contributed by atoms with Gasteiger partial charge in [-0.2, -0.15) is 0 Å². The van der Waals surface area contributed by atoms with Gasteiger partial charge in [0, 0.05) is 9.86 Å². The van der Waals surface area contributed by atoms with E-state index in [2.05, 4.69) is 20.9 Å². The Morgan fingerprint density at radius 2 is 1.91 bits per heavy atom. The molecule has 4 nitrogen and oxygen atoms in total. The molecule has 0 aliphatic rings. The second-order valence-electron chi connectivity index (χ2n) is 4.75. The third-order valence-corrected chi connectivity index (χ3v) is 3.67. The lowest BCUT2D eigenvalue weighted by molar-refractivity contribution is 0.0685. The largest absolute Gasteiger partial charge is 0.486 e. The SMILES string of the molecule is O=C(O)c1nc2ccc(Br)cc2cc1OCc1ccccc1. The fraction of sp³-hybridized carbons (Fsp3) is 0.0588. The smallest absolute Gasteiger partial charge is 0.358 e. The quantitative estimate of drug-likeness (QED) is 0.757. The number of fused-ring (bicyclic) bond motifs is 1.